The highest BCUT2D eigenvalue weighted by Crippen LogP contribution is 2.21. The summed E-state index contributed by atoms with van der Waals surface area (Å²) in [5.41, 5.74) is 1.86. The molecule has 1 unspecified atom stereocenters. The van der Waals surface area contributed by atoms with E-state index in [1.54, 1.807) is 7.11 Å². The molecule has 0 radical (unpaired) electrons. The molecule has 16 heavy (non-hydrogen) atoms. The van der Waals surface area contributed by atoms with Crippen LogP contribution >= 0.6 is 11.6 Å². The topological polar surface area (TPSA) is 38.3 Å². The number of likely N-dealkylation sites (N-methyl/N-ethyl adjacent to an activating group) is 1. The first-order valence-corrected chi connectivity index (χ1v) is 5.62. The van der Waals surface area contributed by atoms with Crippen molar-refractivity contribution in [2.45, 2.75) is 18.9 Å². The summed E-state index contributed by atoms with van der Waals surface area (Å²) in [5.74, 6) is -0.163. The Balaban J connectivity index is 2.69. The lowest BCUT2D eigenvalue weighted by Crippen LogP contribution is -2.26. The summed E-state index contributed by atoms with van der Waals surface area (Å²) in [5, 5.41) is 2.06. The molecule has 0 heterocycles. The lowest BCUT2D eigenvalue weighted by atomic mass is 10.1. The maximum Gasteiger partial charge on any atom is 0.242 e. The highest BCUT2D eigenvalue weighted by molar-refractivity contribution is 6.30. The van der Waals surface area contributed by atoms with Crippen LogP contribution in [-0.2, 0) is 16.1 Å². The number of hydrogen-bond acceptors (Lipinski definition) is 2. The third-order valence-corrected chi connectivity index (χ3v) is 2.61. The number of halogens is 1. The molecule has 1 aromatic carbocycles. The van der Waals surface area contributed by atoms with Gasteiger partial charge in [-0.05, 0) is 18.1 Å². The van der Waals surface area contributed by atoms with E-state index in [2.05, 4.69) is 5.32 Å². The Kier molecular flexibility index (Phi) is 5.29. The number of ether oxygens (including phenoxy) is 1. The lowest BCUT2D eigenvalue weighted by molar-refractivity contribution is -0.120. The number of alkyl halides is 1. The van der Waals surface area contributed by atoms with Crippen LogP contribution < -0.4 is 5.32 Å². The van der Waals surface area contributed by atoms with Crippen LogP contribution in [0.15, 0.2) is 24.3 Å². The standard InChI is InChI=1S/C12H16ClNO2/c1-3-14-12(15)11(13)10-6-4-9(5-7-10)8-16-2/h4-7,11H,3,8H2,1-2H3,(H,14,15). The van der Waals surface area contributed by atoms with Gasteiger partial charge in [-0.25, -0.2) is 0 Å². The Bertz CT molecular complexity index is 337. The maximum absolute atomic E-state index is 11.5. The zero-order valence-corrected chi connectivity index (χ0v) is 10.3. The SMILES string of the molecule is CCNC(=O)C(Cl)c1ccc(COC)cc1. The van der Waals surface area contributed by atoms with Crippen molar-refractivity contribution in [1.82, 2.24) is 5.32 Å². The second-order valence-electron chi connectivity index (χ2n) is 3.43. The number of carbonyl (C=O) groups excluding carboxylic acids is 1. The molecule has 1 amide bonds. The first-order chi connectivity index (χ1) is 7.69. The van der Waals surface area contributed by atoms with E-state index in [0.29, 0.717) is 13.2 Å². The highest BCUT2D eigenvalue weighted by atomic mass is 35.5. The van der Waals surface area contributed by atoms with Crippen molar-refractivity contribution in [1.29, 1.82) is 0 Å². The molecule has 1 rings (SSSR count). The van der Waals surface area contributed by atoms with Gasteiger partial charge in [-0.3, -0.25) is 4.79 Å². The normalized spacial score (nSPS) is 12.2. The molecule has 3 nitrogen and oxygen atoms in total. The minimum absolute atomic E-state index is 0.163. The molecule has 0 aromatic heterocycles. The average molecular weight is 242 g/mol. The predicted molar refractivity (Wildman–Crippen MR) is 64.4 cm³/mol. The Morgan fingerprint density at radius 3 is 2.56 bits per heavy atom. The summed E-state index contributed by atoms with van der Waals surface area (Å²) in [6.45, 7) is 3.02. The van der Waals surface area contributed by atoms with Crippen LogP contribution in [0.5, 0.6) is 0 Å². The summed E-state index contributed by atoms with van der Waals surface area (Å²) in [7, 11) is 1.65. The number of carbonyl (C=O) groups is 1. The molecule has 0 aliphatic heterocycles. The zero-order chi connectivity index (χ0) is 12.0. The number of methoxy groups -OCH3 is 1. The number of rotatable bonds is 5. The maximum atomic E-state index is 11.5. The van der Waals surface area contributed by atoms with Crippen molar-refractivity contribution in [3.63, 3.8) is 0 Å². The fourth-order valence-corrected chi connectivity index (χ4v) is 1.59. The van der Waals surface area contributed by atoms with Gasteiger partial charge in [0.25, 0.3) is 0 Å². The quantitative estimate of drug-likeness (QED) is 0.803. The summed E-state index contributed by atoms with van der Waals surface area (Å²) in [6, 6.07) is 7.52. The molecule has 0 aliphatic rings. The van der Waals surface area contributed by atoms with Crippen LogP contribution in [0.25, 0.3) is 0 Å². The second kappa shape index (κ2) is 6.51. The Labute approximate surface area is 101 Å². The van der Waals surface area contributed by atoms with Crippen molar-refractivity contribution in [2.75, 3.05) is 13.7 Å². The van der Waals surface area contributed by atoms with E-state index in [4.69, 9.17) is 16.3 Å². The molecule has 1 aromatic rings. The summed E-state index contributed by atoms with van der Waals surface area (Å²) in [6.07, 6.45) is 0. The van der Waals surface area contributed by atoms with E-state index in [-0.39, 0.29) is 5.91 Å². The molecule has 0 saturated carbocycles. The van der Waals surface area contributed by atoms with Gasteiger partial charge in [0, 0.05) is 13.7 Å². The van der Waals surface area contributed by atoms with E-state index in [0.717, 1.165) is 11.1 Å². The van der Waals surface area contributed by atoms with Crippen molar-refractivity contribution in [2.24, 2.45) is 0 Å². The van der Waals surface area contributed by atoms with Gasteiger partial charge in [-0.15, -0.1) is 11.6 Å². The second-order valence-corrected chi connectivity index (χ2v) is 3.87. The molecule has 1 N–H and O–H groups in total. The molecule has 0 saturated heterocycles. The largest absolute Gasteiger partial charge is 0.380 e. The van der Waals surface area contributed by atoms with Crippen LogP contribution in [0, 0.1) is 0 Å². The number of amides is 1. The summed E-state index contributed by atoms with van der Waals surface area (Å²) in [4.78, 5) is 11.5. The molecular weight excluding hydrogens is 226 g/mol. The van der Waals surface area contributed by atoms with Crippen molar-refractivity contribution < 1.29 is 9.53 Å². The van der Waals surface area contributed by atoms with Crippen LogP contribution in [0.4, 0.5) is 0 Å². The minimum atomic E-state index is -0.628. The Morgan fingerprint density at radius 1 is 1.44 bits per heavy atom. The molecule has 0 fully saturated rings. The monoisotopic (exact) mass is 241 g/mol. The minimum Gasteiger partial charge on any atom is -0.380 e. The molecule has 0 spiro atoms. The number of benzene rings is 1. The first-order valence-electron chi connectivity index (χ1n) is 5.18. The third-order valence-electron chi connectivity index (χ3n) is 2.16. The molecular formula is C12H16ClNO2. The van der Waals surface area contributed by atoms with Gasteiger partial charge in [0.2, 0.25) is 5.91 Å². The lowest BCUT2D eigenvalue weighted by Gasteiger charge is -2.10. The third kappa shape index (κ3) is 3.51. The van der Waals surface area contributed by atoms with Gasteiger partial charge in [0.15, 0.2) is 0 Å². The van der Waals surface area contributed by atoms with Crippen LogP contribution in [0.3, 0.4) is 0 Å². The van der Waals surface area contributed by atoms with Crippen LogP contribution in [0.2, 0.25) is 0 Å². The summed E-state index contributed by atoms with van der Waals surface area (Å²) >= 11 is 6.02. The molecule has 1 atom stereocenters. The van der Waals surface area contributed by atoms with Gasteiger partial charge in [0.1, 0.15) is 5.38 Å². The highest BCUT2D eigenvalue weighted by Gasteiger charge is 2.16. The fraction of sp³-hybridized carbons (Fsp3) is 0.417. The van der Waals surface area contributed by atoms with Gasteiger partial charge < -0.3 is 10.1 Å². The zero-order valence-electron chi connectivity index (χ0n) is 9.50. The van der Waals surface area contributed by atoms with E-state index < -0.39 is 5.38 Å². The van der Waals surface area contributed by atoms with E-state index >= 15 is 0 Å². The predicted octanol–water partition coefficient (Wildman–Crippen LogP) is 2.25. The Hall–Kier alpha value is -1.06. The Morgan fingerprint density at radius 2 is 2.06 bits per heavy atom. The van der Waals surface area contributed by atoms with Gasteiger partial charge in [-0.2, -0.15) is 0 Å². The van der Waals surface area contributed by atoms with E-state index in [9.17, 15) is 4.79 Å². The number of nitrogens with one attached hydrogen (secondary N) is 1. The number of hydrogen-bond donors (Lipinski definition) is 1. The van der Waals surface area contributed by atoms with Crippen LogP contribution in [-0.4, -0.2) is 19.6 Å². The first kappa shape index (κ1) is 13.0. The van der Waals surface area contributed by atoms with E-state index in [1.807, 2.05) is 31.2 Å². The van der Waals surface area contributed by atoms with Crippen molar-refractivity contribution >= 4 is 17.5 Å². The van der Waals surface area contributed by atoms with Crippen molar-refractivity contribution in [3.05, 3.63) is 35.4 Å². The molecule has 0 bridgehead atoms. The average Bonchev–Trinajstić information content (AvgIpc) is 2.30. The fourth-order valence-electron chi connectivity index (χ4n) is 1.36. The summed E-state index contributed by atoms with van der Waals surface area (Å²) < 4.78 is 5.00. The van der Waals surface area contributed by atoms with E-state index in [1.165, 1.54) is 0 Å². The molecule has 88 valence electrons. The van der Waals surface area contributed by atoms with Gasteiger partial charge in [0.05, 0.1) is 6.61 Å². The van der Waals surface area contributed by atoms with Gasteiger partial charge >= 0.3 is 0 Å². The molecule has 4 heteroatoms. The van der Waals surface area contributed by atoms with Gasteiger partial charge in [-0.1, -0.05) is 24.3 Å². The van der Waals surface area contributed by atoms with Crippen molar-refractivity contribution in [3.8, 4) is 0 Å². The smallest absolute Gasteiger partial charge is 0.242 e. The molecule has 0 aliphatic carbocycles. The van der Waals surface area contributed by atoms with Crippen LogP contribution in [0.1, 0.15) is 23.4 Å².